The molecule has 7 nitrogen and oxygen atoms in total. The number of benzene rings is 1. The summed E-state index contributed by atoms with van der Waals surface area (Å²) in [6.07, 6.45) is 0.783. The zero-order valence-electron chi connectivity index (χ0n) is 14.7. The largest absolute Gasteiger partial charge is 0.466 e. The lowest BCUT2D eigenvalue weighted by Gasteiger charge is -2.36. The SMILES string of the molecule is CCCOC(=O)CC1C(=O)NCCN1C(=S)NC(=O)Cc1ccccc1. The number of esters is 1. The summed E-state index contributed by atoms with van der Waals surface area (Å²) in [4.78, 5) is 37.8. The fourth-order valence-electron chi connectivity index (χ4n) is 2.61. The topological polar surface area (TPSA) is 87.7 Å². The minimum Gasteiger partial charge on any atom is -0.466 e. The molecule has 0 radical (unpaired) electrons. The van der Waals surface area contributed by atoms with Crippen molar-refractivity contribution in [2.24, 2.45) is 0 Å². The molecule has 140 valence electrons. The molecule has 1 saturated heterocycles. The van der Waals surface area contributed by atoms with Crippen molar-refractivity contribution in [1.29, 1.82) is 0 Å². The van der Waals surface area contributed by atoms with Gasteiger partial charge >= 0.3 is 5.97 Å². The lowest BCUT2D eigenvalue weighted by atomic mass is 10.1. The number of amides is 2. The molecule has 1 aliphatic heterocycles. The van der Waals surface area contributed by atoms with E-state index in [1.807, 2.05) is 37.3 Å². The van der Waals surface area contributed by atoms with Crippen LogP contribution in [-0.2, 0) is 25.5 Å². The van der Waals surface area contributed by atoms with Gasteiger partial charge in [0.05, 0.1) is 19.4 Å². The highest BCUT2D eigenvalue weighted by atomic mass is 32.1. The molecule has 26 heavy (non-hydrogen) atoms. The molecule has 1 fully saturated rings. The summed E-state index contributed by atoms with van der Waals surface area (Å²) in [5, 5.41) is 5.51. The molecular weight excluding hydrogens is 354 g/mol. The van der Waals surface area contributed by atoms with Crippen molar-refractivity contribution in [1.82, 2.24) is 15.5 Å². The first-order valence-electron chi connectivity index (χ1n) is 8.59. The Labute approximate surface area is 158 Å². The van der Waals surface area contributed by atoms with Crippen LogP contribution in [0, 0.1) is 0 Å². The van der Waals surface area contributed by atoms with E-state index in [0.717, 1.165) is 5.56 Å². The van der Waals surface area contributed by atoms with Gasteiger partial charge in [0.25, 0.3) is 0 Å². The van der Waals surface area contributed by atoms with Crippen LogP contribution in [0.2, 0.25) is 0 Å². The maximum Gasteiger partial charge on any atom is 0.308 e. The summed E-state index contributed by atoms with van der Waals surface area (Å²) in [5.41, 5.74) is 0.865. The summed E-state index contributed by atoms with van der Waals surface area (Å²) in [7, 11) is 0. The van der Waals surface area contributed by atoms with E-state index >= 15 is 0 Å². The van der Waals surface area contributed by atoms with Crippen LogP contribution in [0.1, 0.15) is 25.3 Å². The van der Waals surface area contributed by atoms with Crippen LogP contribution in [0.5, 0.6) is 0 Å². The normalized spacial score (nSPS) is 16.6. The van der Waals surface area contributed by atoms with E-state index in [0.29, 0.717) is 26.1 Å². The number of ether oxygens (including phenoxy) is 1. The predicted molar refractivity (Wildman–Crippen MR) is 100 cm³/mol. The van der Waals surface area contributed by atoms with Crippen molar-refractivity contribution < 1.29 is 19.1 Å². The second-order valence-corrected chi connectivity index (χ2v) is 6.33. The molecule has 1 aliphatic rings. The van der Waals surface area contributed by atoms with Crippen LogP contribution >= 0.6 is 12.2 Å². The molecule has 2 amide bonds. The average molecular weight is 377 g/mol. The van der Waals surface area contributed by atoms with Crippen molar-refractivity contribution in [2.45, 2.75) is 32.2 Å². The van der Waals surface area contributed by atoms with Gasteiger partial charge in [-0.2, -0.15) is 0 Å². The minimum atomic E-state index is -0.780. The van der Waals surface area contributed by atoms with Crippen molar-refractivity contribution >= 4 is 35.1 Å². The number of carbonyl (C=O) groups is 3. The number of piperazine rings is 1. The zero-order valence-corrected chi connectivity index (χ0v) is 15.5. The first-order chi connectivity index (χ1) is 12.5. The Bertz CT molecular complexity index is 666. The molecule has 2 rings (SSSR count). The Morgan fingerprint density at radius 2 is 2.08 bits per heavy atom. The van der Waals surface area contributed by atoms with Crippen LogP contribution in [0.3, 0.4) is 0 Å². The molecule has 1 unspecified atom stereocenters. The Morgan fingerprint density at radius 3 is 2.77 bits per heavy atom. The number of hydrogen-bond acceptors (Lipinski definition) is 5. The average Bonchev–Trinajstić information content (AvgIpc) is 2.62. The Balaban J connectivity index is 1.96. The number of nitrogens with zero attached hydrogens (tertiary/aromatic N) is 1. The standard InChI is InChI=1S/C18H23N3O4S/c1-2-10-25-16(23)12-14-17(24)19-8-9-21(14)18(26)20-15(22)11-13-6-4-3-5-7-13/h3-7,14H,2,8-12H2,1H3,(H,19,24)(H,20,22,26). The first kappa shape index (κ1) is 19.8. The van der Waals surface area contributed by atoms with Gasteiger partial charge in [0.15, 0.2) is 5.11 Å². The minimum absolute atomic E-state index is 0.111. The predicted octanol–water partition coefficient (Wildman–Crippen LogP) is 0.774. The van der Waals surface area contributed by atoms with Gasteiger partial charge in [-0.3, -0.25) is 14.4 Å². The van der Waals surface area contributed by atoms with Crippen LogP contribution in [0.25, 0.3) is 0 Å². The van der Waals surface area contributed by atoms with Crippen LogP contribution < -0.4 is 10.6 Å². The van der Waals surface area contributed by atoms with Crippen LogP contribution in [0.4, 0.5) is 0 Å². The smallest absolute Gasteiger partial charge is 0.308 e. The molecule has 1 aromatic rings. The maximum absolute atomic E-state index is 12.2. The second kappa shape index (κ2) is 9.86. The monoisotopic (exact) mass is 377 g/mol. The number of thiocarbonyl (C=S) groups is 1. The van der Waals surface area contributed by atoms with Crippen molar-refractivity contribution in [3.05, 3.63) is 35.9 Å². The van der Waals surface area contributed by atoms with Gasteiger partial charge in [-0.05, 0) is 24.2 Å². The van der Waals surface area contributed by atoms with Crippen molar-refractivity contribution in [3.8, 4) is 0 Å². The molecule has 0 aromatic heterocycles. The number of nitrogens with one attached hydrogen (secondary N) is 2. The third kappa shape index (κ3) is 5.80. The highest BCUT2D eigenvalue weighted by Gasteiger charge is 2.34. The van der Waals surface area contributed by atoms with Gasteiger partial charge < -0.3 is 20.3 Å². The highest BCUT2D eigenvalue weighted by molar-refractivity contribution is 7.80. The molecule has 1 atom stereocenters. The summed E-state index contributed by atoms with van der Waals surface area (Å²) >= 11 is 5.30. The van der Waals surface area contributed by atoms with Gasteiger partial charge in [0.2, 0.25) is 11.8 Å². The van der Waals surface area contributed by atoms with Crippen molar-refractivity contribution in [3.63, 3.8) is 0 Å². The second-order valence-electron chi connectivity index (χ2n) is 5.94. The molecule has 0 bridgehead atoms. The van der Waals surface area contributed by atoms with Gasteiger partial charge in [-0.1, -0.05) is 37.3 Å². The molecule has 0 aliphatic carbocycles. The summed E-state index contributed by atoms with van der Waals surface area (Å²) in [5.74, 6) is -1.03. The molecule has 1 aromatic carbocycles. The van der Waals surface area contributed by atoms with Crippen molar-refractivity contribution in [2.75, 3.05) is 19.7 Å². The Kier molecular flexibility index (Phi) is 7.53. The van der Waals surface area contributed by atoms with E-state index in [4.69, 9.17) is 17.0 Å². The lowest BCUT2D eigenvalue weighted by molar-refractivity contribution is -0.147. The quantitative estimate of drug-likeness (QED) is 0.563. The third-order valence-corrected chi connectivity index (χ3v) is 4.21. The van der Waals surface area contributed by atoms with Crippen LogP contribution in [-0.4, -0.2) is 53.5 Å². The Morgan fingerprint density at radius 1 is 1.35 bits per heavy atom. The molecule has 0 saturated carbocycles. The van der Waals surface area contributed by atoms with E-state index in [1.165, 1.54) is 0 Å². The molecule has 2 N–H and O–H groups in total. The maximum atomic E-state index is 12.2. The van der Waals surface area contributed by atoms with Gasteiger partial charge in [0, 0.05) is 13.1 Å². The number of carbonyl (C=O) groups excluding carboxylic acids is 3. The molecule has 8 heteroatoms. The molecule has 1 heterocycles. The van der Waals surface area contributed by atoms with E-state index in [9.17, 15) is 14.4 Å². The summed E-state index contributed by atoms with van der Waals surface area (Å²) in [6, 6.07) is 8.51. The van der Waals surface area contributed by atoms with Gasteiger partial charge in [-0.15, -0.1) is 0 Å². The summed E-state index contributed by atoms with van der Waals surface area (Å²) < 4.78 is 5.05. The number of rotatable bonds is 6. The highest BCUT2D eigenvalue weighted by Crippen LogP contribution is 2.11. The first-order valence-corrected chi connectivity index (χ1v) is 8.99. The van der Waals surface area contributed by atoms with Gasteiger partial charge in [0.1, 0.15) is 6.04 Å². The molecular formula is C18H23N3O4S. The van der Waals surface area contributed by atoms with E-state index < -0.39 is 12.0 Å². The van der Waals surface area contributed by atoms with Crippen LogP contribution in [0.15, 0.2) is 30.3 Å². The number of hydrogen-bond donors (Lipinski definition) is 2. The van der Waals surface area contributed by atoms with E-state index in [1.54, 1.807) is 4.90 Å². The van der Waals surface area contributed by atoms with E-state index in [2.05, 4.69) is 10.6 Å². The Hall–Kier alpha value is -2.48. The summed E-state index contributed by atoms with van der Waals surface area (Å²) in [6.45, 7) is 3.02. The zero-order chi connectivity index (χ0) is 18.9. The fraction of sp³-hybridized carbons (Fsp3) is 0.444. The van der Waals surface area contributed by atoms with Gasteiger partial charge in [-0.25, -0.2) is 0 Å². The molecule has 0 spiro atoms. The fourth-order valence-corrected chi connectivity index (χ4v) is 2.94. The lowest BCUT2D eigenvalue weighted by Crippen LogP contribution is -2.60. The van der Waals surface area contributed by atoms with E-state index in [-0.39, 0.29) is 29.8 Å². The third-order valence-electron chi connectivity index (χ3n) is 3.87.